The maximum Gasteiger partial charge on any atom is 0.0971 e. The topological polar surface area (TPSA) is 50.8 Å². The summed E-state index contributed by atoms with van der Waals surface area (Å²) in [5.74, 6) is 0. The maximum absolute atomic E-state index is 6.44. The van der Waals surface area contributed by atoms with E-state index < -0.39 is 0 Å². The molecule has 3 heterocycles. The van der Waals surface area contributed by atoms with E-state index in [0.29, 0.717) is 6.04 Å². The first-order chi connectivity index (χ1) is 11.5. The average molecular weight is 348 g/mol. The zero-order chi connectivity index (χ0) is 17.3. The van der Waals surface area contributed by atoms with Crippen LogP contribution >= 0.6 is 11.3 Å². The molecule has 1 fully saturated rings. The van der Waals surface area contributed by atoms with Crippen LogP contribution in [0.4, 0.5) is 0 Å². The Morgan fingerprint density at radius 3 is 2.96 bits per heavy atom. The van der Waals surface area contributed by atoms with E-state index in [1.54, 1.807) is 18.1 Å². The van der Waals surface area contributed by atoms with Crippen molar-refractivity contribution < 1.29 is 4.74 Å². The van der Waals surface area contributed by atoms with Gasteiger partial charge in [-0.2, -0.15) is 0 Å². The summed E-state index contributed by atoms with van der Waals surface area (Å²) in [6.07, 6.45) is 6.71. The molecule has 0 radical (unpaired) electrons. The van der Waals surface area contributed by atoms with Gasteiger partial charge < -0.3 is 10.5 Å². The minimum absolute atomic E-state index is 0.0796. The molecule has 0 amide bonds. The third-order valence-electron chi connectivity index (χ3n) is 5.57. The highest BCUT2D eigenvalue weighted by molar-refractivity contribution is 7.12. The van der Waals surface area contributed by atoms with Crippen molar-refractivity contribution in [3.05, 3.63) is 32.7 Å². The quantitative estimate of drug-likeness (QED) is 0.855. The van der Waals surface area contributed by atoms with Crippen molar-refractivity contribution in [2.75, 3.05) is 26.7 Å². The normalized spacial score (nSPS) is 28.7. The van der Waals surface area contributed by atoms with Crippen LogP contribution in [-0.2, 0) is 16.8 Å². The summed E-state index contributed by atoms with van der Waals surface area (Å²) in [5, 5.41) is 0. The molecule has 24 heavy (non-hydrogen) atoms. The van der Waals surface area contributed by atoms with Crippen LogP contribution in [0, 0.1) is 13.8 Å². The van der Waals surface area contributed by atoms with E-state index in [1.807, 2.05) is 17.6 Å². The standard InChI is InChI=1S/C19H29N3OS/c1-13-9-19(6-7-22(13)12-16(10-20)11-21-4)18-14(2)15(3)24-17(18)5-8-23-19/h10-11,13H,5-9,12,20H2,1-4H3/b16-10+,21-11?/t13-,19+/m0/s1. The van der Waals surface area contributed by atoms with Gasteiger partial charge in [-0.05, 0) is 50.9 Å². The summed E-state index contributed by atoms with van der Waals surface area (Å²) in [6, 6.07) is 0.463. The number of piperidine rings is 1. The summed E-state index contributed by atoms with van der Waals surface area (Å²) in [5.41, 5.74) is 9.70. The zero-order valence-electron chi connectivity index (χ0n) is 15.3. The van der Waals surface area contributed by atoms with E-state index in [2.05, 4.69) is 30.7 Å². The second-order valence-corrected chi connectivity index (χ2v) is 8.39. The second-order valence-electron chi connectivity index (χ2n) is 7.08. The molecule has 0 aliphatic carbocycles. The SMILES string of the molecule is CN=C/C(=C\N)CN1CC[C@]2(C[C@@H]1C)OCCc1sc(C)c(C)c12. The van der Waals surface area contributed by atoms with Gasteiger partial charge in [0.25, 0.3) is 0 Å². The van der Waals surface area contributed by atoms with Crippen molar-refractivity contribution in [1.29, 1.82) is 0 Å². The molecule has 1 saturated heterocycles. The number of nitrogens with zero attached hydrogens (tertiary/aromatic N) is 2. The molecule has 1 aromatic rings. The molecule has 3 rings (SSSR count). The van der Waals surface area contributed by atoms with Gasteiger partial charge in [0.1, 0.15) is 0 Å². The van der Waals surface area contributed by atoms with Gasteiger partial charge in [0.05, 0.1) is 12.2 Å². The largest absolute Gasteiger partial charge is 0.404 e. The average Bonchev–Trinajstić information content (AvgIpc) is 2.85. The number of rotatable bonds is 3. The molecule has 2 aliphatic rings. The Balaban J connectivity index is 1.81. The molecular formula is C19H29N3OS. The zero-order valence-corrected chi connectivity index (χ0v) is 16.1. The predicted octanol–water partition coefficient (Wildman–Crippen LogP) is 3.16. The fourth-order valence-electron chi connectivity index (χ4n) is 4.26. The Hall–Kier alpha value is -1.17. The molecule has 1 aromatic heterocycles. The number of likely N-dealkylation sites (tertiary alicyclic amines) is 1. The Bertz CT molecular complexity index is 664. The van der Waals surface area contributed by atoms with Crippen LogP contribution in [0.25, 0.3) is 0 Å². The molecule has 2 atom stereocenters. The van der Waals surface area contributed by atoms with Crippen LogP contribution in [0.15, 0.2) is 16.8 Å². The van der Waals surface area contributed by atoms with Crippen molar-refractivity contribution in [2.24, 2.45) is 10.7 Å². The number of aliphatic imine (C=N–C) groups is 1. The van der Waals surface area contributed by atoms with Crippen LogP contribution in [0.3, 0.4) is 0 Å². The molecule has 2 aliphatic heterocycles. The van der Waals surface area contributed by atoms with Crippen LogP contribution in [0.2, 0.25) is 0 Å². The lowest BCUT2D eigenvalue weighted by molar-refractivity contribution is -0.109. The van der Waals surface area contributed by atoms with Gasteiger partial charge in [-0.15, -0.1) is 11.3 Å². The summed E-state index contributed by atoms with van der Waals surface area (Å²) < 4.78 is 6.44. The molecule has 0 aromatic carbocycles. The fourth-order valence-corrected chi connectivity index (χ4v) is 5.51. The van der Waals surface area contributed by atoms with Crippen LogP contribution in [0.1, 0.15) is 40.6 Å². The Morgan fingerprint density at radius 2 is 2.29 bits per heavy atom. The Morgan fingerprint density at radius 1 is 1.50 bits per heavy atom. The highest BCUT2D eigenvalue weighted by atomic mass is 32.1. The van der Waals surface area contributed by atoms with Crippen LogP contribution < -0.4 is 5.73 Å². The van der Waals surface area contributed by atoms with Gasteiger partial charge in [-0.1, -0.05) is 0 Å². The number of nitrogens with two attached hydrogens (primary N) is 1. The van der Waals surface area contributed by atoms with E-state index in [1.165, 1.54) is 16.0 Å². The van der Waals surface area contributed by atoms with Gasteiger partial charge in [0.15, 0.2) is 0 Å². The van der Waals surface area contributed by atoms with Gasteiger partial charge in [-0.25, -0.2) is 0 Å². The van der Waals surface area contributed by atoms with Crippen molar-refractivity contribution in [3.8, 4) is 0 Å². The third kappa shape index (κ3) is 3.05. The van der Waals surface area contributed by atoms with Gasteiger partial charge in [0, 0.05) is 54.1 Å². The summed E-state index contributed by atoms with van der Waals surface area (Å²) in [6.45, 7) is 9.57. The number of ether oxygens (including phenoxy) is 1. The number of aryl methyl sites for hydroxylation is 1. The highest BCUT2D eigenvalue weighted by Crippen LogP contribution is 2.48. The van der Waals surface area contributed by atoms with E-state index >= 15 is 0 Å². The predicted molar refractivity (Wildman–Crippen MR) is 102 cm³/mol. The van der Waals surface area contributed by atoms with Gasteiger partial charge in [0.2, 0.25) is 0 Å². The van der Waals surface area contributed by atoms with E-state index in [0.717, 1.165) is 44.5 Å². The lowest BCUT2D eigenvalue weighted by Crippen LogP contribution is -2.51. The van der Waals surface area contributed by atoms with E-state index in [-0.39, 0.29) is 5.60 Å². The number of hydrogen-bond acceptors (Lipinski definition) is 5. The smallest absolute Gasteiger partial charge is 0.0971 e. The summed E-state index contributed by atoms with van der Waals surface area (Å²) in [7, 11) is 1.79. The highest BCUT2D eigenvalue weighted by Gasteiger charge is 2.45. The molecule has 132 valence electrons. The first-order valence-corrected chi connectivity index (χ1v) is 9.62. The molecule has 0 bridgehead atoms. The molecule has 2 N–H and O–H groups in total. The minimum Gasteiger partial charge on any atom is -0.404 e. The molecular weight excluding hydrogens is 318 g/mol. The van der Waals surface area contributed by atoms with Gasteiger partial charge >= 0.3 is 0 Å². The van der Waals surface area contributed by atoms with Crippen molar-refractivity contribution >= 4 is 17.6 Å². The fraction of sp³-hybridized carbons (Fsp3) is 0.632. The monoisotopic (exact) mass is 347 g/mol. The summed E-state index contributed by atoms with van der Waals surface area (Å²) in [4.78, 5) is 9.60. The van der Waals surface area contributed by atoms with E-state index in [9.17, 15) is 0 Å². The number of hydrogen-bond donors (Lipinski definition) is 1. The van der Waals surface area contributed by atoms with Gasteiger partial charge in [-0.3, -0.25) is 9.89 Å². The third-order valence-corrected chi connectivity index (χ3v) is 6.83. The summed E-state index contributed by atoms with van der Waals surface area (Å²) >= 11 is 1.97. The molecule has 4 nitrogen and oxygen atoms in total. The minimum atomic E-state index is -0.0796. The second kappa shape index (κ2) is 6.98. The van der Waals surface area contributed by atoms with Crippen molar-refractivity contribution in [1.82, 2.24) is 4.90 Å². The molecule has 5 heteroatoms. The van der Waals surface area contributed by atoms with E-state index in [4.69, 9.17) is 10.5 Å². The Kier molecular flexibility index (Phi) is 5.13. The number of thiophene rings is 1. The first kappa shape index (κ1) is 17.6. The lowest BCUT2D eigenvalue weighted by atomic mass is 9.77. The van der Waals surface area contributed by atoms with Crippen LogP contribution in [0.5, 0.6) is 0 Å². The first-order valence-electron chi connectivity index (χ1n) is 8.81. The number of fused-ring (bicyclic) bond motifs is 2. The molecule has 1 spiro atoms. The molecule has 0 saturated carbocycles. The molecule has 0 unspecified atom stereocenters. The van der Waals surface area contributed by atoms with Crippen molar-refractivity contribution in [3.63, 3.8) is 0 Å². The maximum atomic E-state index is 6.44. The van der Waals surface area contributed by atoms with Crippen molar-refractivity contribution in [2.45, 2.75) is 51.7 Å². The lowest BCUT2D eigenvalue weighted by Gasteiger charge is -2.47. The Labute approximate surface area is 149 Å². The van der Waals surface area contributed by atoms with Crippen LogP contribution in [-0.4, -0.2) is 43.9 Å².